The van der Waals surface area contributed by atoms with E-state index in [4.69, 9.17) is 4.42 Å². The number of furan rings is 1. The van der Waals surface area contributed by atoms with E-state index in [0.29, 0.717) is 23.4 Å². The molecule has 9 heteroatoms. The van der Waals surface area contributed by atoms with Crippen molar-refractivity contribution in [1.29, 1.82) is 0 Å². The van der Waals surface area contributed by atoms with Crippen molar-refractivity contribution >= 4 is 61.8 Å². The molecule has 0 saturated carbocycles. The minimum Gasteiger partial charge on any atom is -0.430 e. The molecule has 2 aromatic heterocycles. The largest absolute Gasteiger partial charge is 0.430 e. The molecule has 26 heavy (non-hydrogen) atoms. The molecule has 1 unspecified atom stereocenters. The summed E-state index contributed by atoms with van der Waals surface area (Å²) in [6.45, 7) is 0.396. The number of halogens is 2. The fourth-order valence-corrected chi connectivity index (χ4v) is 4.35. The first-order chi connectivity index (χ1) is 12.5. The van der Waals surface area contributed by atoms with Crippen LogP contribution in [0.25, 0.3) is 11.1 Å². The highest BCUT2D eigenvalue weighted by Crippen LogP contribution is 2.34. The number of carbonyl (C=O) groups is 1. The van der Waals surface area contributed by atoms with E-state index < -0.39 is 16.6 Å². The second kappa shape index (κ2) is 6.95. The Balaban J connectivity index is 1.79. The van der Waals surface area contributed by atoms with Gasteiger partial charge in [0, 0.05) is 32.9 Å². The van der Waals surface area contributed by atoms with Gasteiger partial charge in [0.05, 0.1) is 17.0 Å². The highest BCUT2D eigenvalue weighted by atomic mass is 127. The number of hydrogen-bond donors (Lipinski definition) is 1. The number of amides is 1. The van der Waals surface area contributed by atoms with Gasteiger partial charge in [0.2, 0.25) is 11.5 Å². The Morgan fingerprint density at radius 2 is 2.23 bits per heavy atom. The lowest BCUT2D eigenvalue weighted by Crippen LogP contribution is -2.28. The van der Waals surface area contributed by atoms with Crippen LogP contribution in [0.3, 0.4) is 0 Å². The van der Waals surface area contributed by atoms with E-state index in [0.717, 1.165) is 3.57 Å². The molecule has 0 radical (unpaired) electrons. The number of pyridine rings is 1. The van der Waals surface area contributed by atoms with Gasteiger partial charge in [-0.2, -0.15) is 0 Å². The Hall–Kier alpha value is -2.01. The number of aromatic nitrogens is 1. The van der Waals surface area contributed by atoms with Crippen LogP contribution in [0.2, 0.25) is 0 Å². The predicted molar refractivity (Wildman–Crippen MR) is 105 cm³/mol. The quantitative estimate of drug-likeness (QED) is 0.576. The molecule has 0 spiro atoms. The highest BCUT2D eigenvalue weighted by molar-refractivity contribution is 14.1. The molecule has 0 bridgehead atoms. The SMILES string of the molecule is O=C(c1oc2ncccc2c1Nc1ccc(I)cc1F)N1CCS(=O)C1. The van der Waals surface area contributed by atoms with Crippen LogP contribution in [0.15, 0.2) is 40.9 Å². The predicted octanol–water partition coefficient (Wildman–Crippen LogP) is 3.48. The van der Waals surface area contributed by atoms with Crippen molar-refractivity contribution in [2.75, 3.05) is 23.5 Å². The standard InChI is InChI=1S/C17H13FIN3O3S/c18-12-8-10(19)3-4-13(12)21-14-11-2-1-5-20-16(11)25-15(14)17(23)22-6-7-26(24)9-22/h1-5,8,21H,6-7,9H2. The molecule has 1 fully saturated rings. The molecule has 1 amide bonds. The Labute approximate surface area is 164 Å². The van der Waals surface area contributed by atoms with Crippen LogP contribution >= 0.6 is 22.6 Å². The van der Waals surface area contributed by atoms with Crippen LogP contribution in [0, 0.1) is 9.39 Å². The summed E-state index contributed by atoms with van der Waals surface area (Å²) in [6.07, 6.45) is 1.56. The summed E-state index contributed by atoms with van der Waals surface area (Å²) >= 11 is 2.02. The third-order valence-electron chi connectivity index (χ3n) is 4.03. The Morgan fingerprint density at radius 3 is 2.96 bits per heavy atom. The lowest BCUT2D eigenvalue weighted by molar-refractivity contribution is 0.0774. The van der Waals surface area contributed by atoms with Crippen molar-refractivity contribution < 1.29 is 17.8 Å². The summed E-state index contributed by atoms with van der Waals surface area (Å²) < 4.78 is 32.3. The molecule has 1 atom stereocenters. The van der Waals surface area contributed by atoms with Crippen molar-refractivity contribution in [2.45, 2.75) is 0 Å². The second-order valence-corrected chi connectivity index (χ2v) is 8.54. The molecule has 3 heterocycles. The van der Waals surface area contributed by atoms with Crippen LogP contribution in [0.4, 0.5) is 15.8 Å². The van der Waals surface area contributed by atoms with Gasteiger partial charge in [-0.3, -0.25) is 9.00 Å². The fourth-order valence-electron chi connectivity index (χ4n) is 2.75. The molecule has 1 aliphatic heterocycles. The molecule has 0 aliphatic carbocycles. The Bertz CT molecular complexity index is 1040. The average Bonchev–Trinajstić information content (AvgIpc) is 3.21. The Kier molecular flexibility index (Phi) is 4.65. The summed E-state index contributed by atoms with van der Waals surface area (Å²) in [4.78, 5) is 18.5. The van der Waals surface area contributed by atoms with E-state index in [1.807, 2.05) is 22.6 Å². The number of nitrogens with zero attached hydrogens (tertiary/aromatic N) is 2. The molecule has 134 valence electrons. The first-order valence-electron chi connectivity index (χ1n) is 7.77. The number of benzene rings is 1. The first-order valence-corrected chi connectivity index (χ1v) is 10.3. The first kappa shape index (κ1) is 17.4. The van der Waals surface area contributed by atoms with E-state index in [-0.39, 0.29) is 28.9 Å². The van der Waals surface area contributed by atoms with Gasteiger partial charge in [-0.1, -0.05) is 0 Å². The monoisotopic (exact) mass is 485 g/mol. The number of rotatable bonds is 3. The van der Waals surface area contributed by atoms with Gasteiger partial charge in [-0.15, -0.1) is 0 Å². The summed E-state index contributed by atoms with van der Waals surface area (Å²) in [6, 6.07) is 8.22. The maximum atomic E-state index is 14.3. The minimum absolute atomic E-state index is 0.0375. The molecule has 1 aromatic carbocycles. The molecule has 4 rings (SSSR count). The van der Waals surface area contributed by atoms with Crippen molar-refractivity contribution in [3.8, 4) is 0 Å². The number of hydrogen-bond acceptors (Lipinski definition) is 5. The number of nitrogens with one attached hydrogen (secondary N) is 1. The Morgan fingerprint density at radius 1 is 1.38 bits per heavy atom. The molecule has 6 nitrogen and oxygen atoms in total. The van der Waals surface area contributed by atoms with Gasteiger partial charge >= 0.3 is 0 Å². The van der Waals surface area contributed by atoms with E-state index in [2.05, 4.69) is 10.3 Å². The van der Waals surface area contributed by atoms with Crippen LogP contribution in [-0.2, 0) is 10.8 Å². The topological polar surface area (TPSA) is 75.4 Å². The lowest BCUT2D eigenvalue weighted by atomic mass is 10.2. The zero-order chi connectivity index (χ0) is 18.3. The number of anilines is 2. The van der Waals surface area contributed by atoms with Crippen LogP contribution in [0.5, 0.6) is 0 Å². The average molecular weight is 485 g/mol. The smallest absolute Gasteiger partial charge is 0.292 e. The van der Waals surface area contributed by atoms with E-state index in [1.54, 1.807) is 30.5 Å². The van der Waals surface area contributed by atoms with Crippen molar-refractivity contribution in [1.82, 2.24) is 9.88 Å². The van der Waals surface area contributed by atoms with Crippen molar-refractivity contribution in [3.05, 3.63) is 51.7 Å². The number of carbonyl (C=O) groups excluding carboxylic acids is 1. The minimum atomic E-state index is -1.05. The van der Waals surface area contributed by atoms with Crippen LogP contribution in [0.1, 0.15) is 10.6 Å². The molecular weight excluding hydrogens is 472 g/mol. The van der Waals surface area contributed by atoms with Crippen LogP contribution < -0.4 is 5.32 Å². The van der Waals surface area contributed by atoms with Gasteiger partial charge in [0.25, 0.3) is 5.91 Å². The summed E-state index contributed by atoms with van der Waals surface area (Å²) in [7, 11) is -1.05. The van der Waals surface area contributed by atoms with E-state index in [1.165, 1.54) is 11.0 Å². The van der Waals surface area contributed by atoms with Crippen molar-refractivity contribution in [3.63, 3.8) is 0 Å². The lowest BCUT2D eigenvalue weighted by Gasteiger charge is -2.14. The molecular formula is C17H13FIN3O3S. The van der Waals surface area contributed by atoms with Gasteiger partial charge in [0.15, 0.2) is 0 Å². The zero-order valence-electron chi connectivity index (χ0n) is 13.4. The molecule has 1 aliphatic rings. The van der Waals surface area contributed by atoms with Crippen LogP contribution in [-0.4, -0.2) is 38.2 Å². The maximum absolute atomic E-state index is 14.3. The second-order valence-electron chi connectivity index (χ2n) is 5.75. The van der Waals surface area contributed by atoms with Gasteiger partial charge in [0.1, 0.15) is 11.5 Å². The van der Waals surface area contributed by atoms with Crippen molar-refractivity contribution in [2.24, 2.45) is 0 Å². The van der Waals surface area contributed by atoms with E-state index >= 15 is 0 Å². The normalized spacial score (nSPS) is 17.0. The fraction of sp³-hybridized carbons (Fsp3) is 0.176. The van der Waals surface area contributed by atoms with Gasteiger partial charge in [-0.25, -0.2) is 9.37 Å². The third kappa shape index (κ3) is 3.20. The number of fused-ring (bicyclic) bond motifs is 1. The summed E-state index contributed by atoms with van der Waals surface area (Å²) in [5.41, 5.74) is 0.872. The molecule has 1 saturated heterocycles. The van der Waals surface area contributed by atoms with E-state index in [9.17, 15) is 13.4 Å². The summed E-state index contributed by atoms with van der Waals surface area (Å²) in [5, 5.41) is 3.55. The van der Waals surface area contributed by atoms with Gasteiger partial charge in [-0.05, 0) is 52.9 Å². The van der Waals surface area contributed by atoms with Gasteiger partial charge < -0.3 is 14.6 Å². The maximum Gasteiger partial charge on any atom is 0.292 e. The molecule has 3 aromatic rings. The highest BCUT2D eigenvalue weighted by Gasteiger charge is 2.30. The third-order valence-corrected chi connectivity index (χ3v) is 5.94. The molecule has 1 N–H and O–H groups in total. The zero-order valence-corrected chi connectivity index (χ0v) is 16.3. The summed E-state index contributed by atoms with van der Waals surface area (Å²) in [5.74, 6) is -0.173.